The molecule has 0 spiro atoms. The van der Waals surface area contributed by atoms with Gasteiger partial charge in [-0.1, -0.05) is 48.5 Å². The number of hydrogen-bond donors (Lipinski definition) is 0. The molecule has 0 radical (unpaired) electrons. The van der Waals surface area contributed by atoms with Gasteiger partial charge in [0.15, 0.2) is 0 Å². The Morgan fingerprint density at radius 2 is 1.50 bits per heavy atom. The van der Waals surface area contributed by atoms with Gasteiger partial charge in [0.1, 0.15) is 5.75 Å². The normalized spacial score (nSPS) is 18.6. The van der Waals surface area contributed by atoms with E-state index in [0.29, 0.717) is 6.61 Å². The van der Waals surface area contributed by atoms with Gasteiger partial charge >= 0.3 is 7.12 Å². The molecule has 1 aliphatic rings. The molecule has 0 N–H and O–H groups in total. The minimum absolute atomic E-state index is 0.371. The van der Waals surface area contributed by atoms with Crippen LogP contribution in [0.2, 0.25) is 0 Å². The van der Waals surface area contributed by atoms with E-state index < -0.39 is 7.12 Å². The molecular formula is C20H25BO3. The molecule has 1 heterocycles. The molecule has 0 aromatic heterocycles. The lowest BCUT2D eigenvalue weighted by atomic mass is 9.77. The molecule has 2 aromatic carbocycles. The molecule has 24 heavy (non-hydrogen) atoms. The molecule has 126 valence electrons. The van der Waals surface area contributed by atoms with Crippen LogP contribution < -0.4 is 10.2 Å². The molecule has 0 aliphatic carbocycles. The summed E-state index contributed by atoms with van der Waals surface area (Å²) in [5, 5.41) is 0. The van der Waals surface area contributed by atoms with Crippen molar-refractivity contribution >= 4 is 12.6 Å². The Balaban J connectivity index is 2.06. The Hall–Kier alpha value is -1.78. The molecule has 0 amide bonds. The fourth-order valence-electron chi connectivity index (χ4n) is 2.86. The van der Waals surface area contributed by atoms with Crippen LogP contribution in [0.25, 0.3) is 11.1 Å². The Labute approximate surface area is 145 Å². The standard InChI is InChI=1S/C20H25BO3/c1-6-22-18-16(15-11-8-7-9-12-15)13-10-14-17(18)21-23-19(2,3)20(4,5)24-21/h7-14H,6H2,1-5H3. The zero-order valence-corrected chi connectivity index (χ0v) is 15.1. The summed E-state index contributed by atoms with van der Waals surface area (Å²) in [5.41, 5.74) is 2.38. The number of benzene rings is 2. The first kappa shape index (κ1) is 17.1. The third-order valence-corrected chi connectivity index (χ3v) is 4.93. The van der Waals surface area contributed by atoms with Crippen molar-refractivity contribution in [3.05, 3.63) is 48.5 Å². The van der Waals surface area contributed by atoms with Crippen molar-refractivity contribution in [3.8, 4) is 16.9 Å². The maximum atomic E-state index is 6.23. The first-order chi connectivity index (χ1) is 11.4. The average molecular weight is 324 g/mol. The molecule has 3 nitrogen and oxygen atoms in total. The lowest BCUT2D eigenvalue weighted by molar-refractivity contribution is 0.00578. The van der Waals surface area contributed by atoms with E-state index in [1.54, 1.807) is 0 Å². The summed E-state index contributed by atoms with van der Waals surface area (Å²) < 4.78 is 18.5. The smallest absolute Gasteiger partial charge is 0.494 e. The van der Waals surface area contributed by atoms with Gasteiger partial charge in [-0.25, -0.2) is 0 Å². The topological polar surface area (TPSA) is 27.7 Å². The fourth-order valence-corrected chi connectivity index (χ4v) is 2.86. The van der Waals surface area contributed by atoms with Gasteiger partial charge < -0.3 is 14.0 Å². The highest BCUT2D eigenvalue weighted by Gasteiger charge is 2.52. The monoisotopic (exact) mass is 324 g/mol. The van der Waals surface area contributed by atoms with Gasteiger partial charge in [0.2, 0.25) is 0 Å². The predicted molar refractivity (Wildman–Crippen MR) is 98.8 cm³/mol. The summed E-state index contributed by atoms with van der Waals surface area (Å²) in [4.78, 5) is 0. The van der Waals surface area contributed by atoms with Crippen LogP contribution in [0, 0.1) is 0 Å². The van der Waals surface area contributed by atoms with Crippen LogP contribution in [0.1, 0.15) is 34.6 Å². The quantitative estimate of drug-likeness (QED) is 0.794. The molecular weight excluding hydrogens is 299 g/mol. The fraction of sp³-hybridized carbons (Fsp3) is 0.400. The predicted octanol–water partition coefficient (Wildman–Crippen LogP) is 4.05. The summed E-state index contributed by atoms with van der Waals surface area (Å²) in [6, 6.07) is 16.4. The third-order valence-electron chi connectivity index (χ3n) is 4.93. The second-order valence-electron chi connectivity index (χ2n) is 7.11. The van der Waals surface area contributed by atoms with Gasteiger partial charge in [0.25, 0.3) is 0 Å². The molecule has 4 heteroatoms. The van der Waals surface area contributed by atoms with Crippen molar-refractivity contribution in [2.45, 2.75) is 45.8 Å². The van der Waals surface area contributed by atoms with E-state index in [2.05, 4.69) is 45.9 Å². The largest absolute Gasteiger partial charge is 0.498 e. The van der Waals surface area contributed by atoms with Gasteiger partial charge in [-0.2, -0.15) is 0 Å². The summed E-state index contributed by atoms with van der Waals surface area (Å²) in [6.45, 7) is 10.8. The lowest BCUT2D eigenvalue weighted by Gasteiger charge is -2.32. The van der Waals surface area contributed by atoms with Crippen LogP contribution >= 0.6 is 0 Å². The van der Waals surface area contributed by atoms with Crippen molar-refractivity contribution in [3.63, 3.8) is 0 Å². The van der Waals surface area contributed by atoms with E-state index in [4.69, 9.17) is 14.0 Å². The van der Waals surface area contributed by atoms with E-state index >= 15 is 0 Å². The molecule has 0 bridgehead atoms. The maximum absolute atomic E-state index is 6.23. The highest BCUT2D eigenvalue weighted by molar-refractivity contribution is 6.63. The van der Waals surface area contributed by atoms with Gasteiger partial charge in [-0.05, 0) is 40.2 Å². The van der Waals surface area contributed by atoms with Gasteiger partial charge in [-0.3, -0.25) is 0 Å². The van der Waals surface area contributed by atoms with Crippen molar-refractivity contribution in [2.75, 3.05) is 6.61 Å². The van der Waals surface area contributed by atoms with E-state index in [1.165, 1.54) is 0 Å². The van der Waals surface area contributed by atoms with Crippen molar-refractivity contribution in [1.29, 1.82) is 0 Å². The Kier molecular flexibility index (Phi) is 4.45. The van der Waals surface area contributed by atoms with Gasteiger partial charge in [-0.15, -0.1) is 0 Å². The first-order valence-corrected chi connectivity index (χ1v) is 8.52. The molecule has 1 aliphatic heterocycles. The average Bonchev–Trinajstić information content (AvgIpc) is 2.76. The van der Waals surface area contributed by atoms with Crippen molar-refractivity contribution in [2.24, 2.45) is 0 Å². The summed E-state index contributed by atoms with van der Waals surface area (Å²) in [7, 11) is -0.430. The highest BCUT2D eigenvalue weighted by Crippen LogP contribution is 2.38. The second-order valence-corrected chi connectivity index (χ2v) is 7.11. The SMILES string of the molecule is CCOc1c(B2OC(C)(C)C(C)(C)O2)cccc1-c1ccccc1. The minimum atomic E-state index is -0.430. The maximum Gasteiger partial charge on any atom is 0.498 e. The Morgan fingerprint density at radius 3 is 2.08 bits per heavy atom. The number of hydrogen-bond acceptors (Lipinski definition) is 3. The lowest BCUT2D eigenvalue weighted by Crippen LogP contribution is -2.41. The van der Waals surface area contributed by atoms with Crippen LogP contribution in [-0.2, 0) is 9.31 Å². The third kappa shape index (κ3) is 2.96. The van der Waals surface area contributed by atoms with Crippen LogP contribution in [0.4, 0.5) is 0 Å². The van der Waals surface area contributed by atoms with E-state index in [9.17, 15) is 0 Å². The molecule has 0 atom stereocenters. The first-order valence-electron chi connectivity index (χ1n) is 8.52. The number of ether oxygens (including phenoxy) is 1. The summed E-state index contributed by atoms with van der Waals surface area (Å²) in [5.74, 6) is 0.838. The Morgan fingerprint density at radius 1 is 0.875 bits per heavy atom. The number of para-hydroxylation sites is 1. The van der Waals surface area contributed by atoms with Crippen molar-refractivity contribution in [1.82, 2.24) is 0 Å². The highest BCUT2D eigenvalue weighted by atomic mass is 16.7. The molecule has 0 unspecified atom stereocenters. The van der Waals surface area contributed by atoms with E-state index in [-0.39, 0.29) is 11.2 Å². The van der Waals surface area contributed by atoms with Crippen LogP contribution in [0.5, 0.6) is 5.75 Å². The molecule has 2 aromatic rings. The van der Waals surface area contributed by atoms with Crippen LogP contribution in [-0.4, -0.2) is 24.9 Å². The summed E-state index contributed by atoms with van der Waals surface area (Å²) in [6.07, 6.45) is 0. The van der Waals surface area contributed by atoms with Crippen molar-refractivity contribution < 1.29 is 14.0 Å². The number of rotatable bonds is 4. The zero-order valence-electron chi connectivity index (χ0n) is 15.1. The Bertz CT molecular complexity index is 694. The molecule has 3 rings (SSSR count). The van der Waals surface area contributed by atoms with Gasteiger partial charge in [0.05, 0.1) is 17.8 Å². The van der Waals surface area contributed by atoms with Crippen LogP contribution in [0.3, 0.4) is 0 Å². The van der Waals surface area contributed by atoms with E-state index in [1.807, 2.05) is 37.3 Å². The zero-order chi connectivity index (χ0) is 17.4. The summed E-state index contributed by atoms with van der Waals surface area (Å²) >= 11 is 0. The molecule has 0 saturated carbocycles. The molecule has 1 saturated heterocycles. The van der Waals surface area contributed by atoms with Crippen LogP contribution in [0.15, 0.2) is 48.5 Å². The minimum Gasteiger partial charge on any atom is -0.494 e. The second kappa shape index (κ2) is 6.27. The van der Waals surface area contributed by atoms with E-state index in [0.717, 1.165) is 22.3 Å². The molecule has 1 fully saturated rings. The van der Waals surface area contributed by atoms with Gasteiger partial charge in [0, 0.05) is 11.0 Å².